The van der Waals surface area contributed by atoms with Crippen molar-refractivity contribution in [1.82, 2.24) is 21.3 Å². The van der Waals surface area contributed by atoms with Gasteiger partial charge in [0.2, 0.25) is 23.6 Å². The van der Waals surface area contributed by atoms with Crippen molar-refractivity contribution in [3.63, 3.8) is 0 Å². The normalized spacial score (nSPS) is 14.9. The molecule has 12 heteroatoms. The summed E-state index contributed by atoms with van der Waals surface area (Å²) in [6.07, 6.45) is -1.07. The molecule has 0 aliphatic rings. The van der Waals surface area contributed by atoms with Gasteiger partial charge in [-0.1, -0.05) is 90.4 Å². The maximum Gasteiger partial charge on any atom is 0.326 e. The molecule has 2 aromatic carbocycles. The number of carbonyl (C=O) groups is 5. The highest BCUT2D eigenvalue weighted by molar-refractivity contribution is 5.91. The van der Waals surface area contributed by atoms with E-state index >= 15 is 0 Å². The van der Waals surface area contributed by atoms with E-state index < -0.39 is 60.4 Å². The van der Waals surface area contributed by atoms with Gasteiger partial charge in [0.05, 0.1) is 31.6 Å². The average Bonchev–Trinajstić information content (AvgIpc) is 3.04. The summed E-state index contributed by atoms with van der Waals surface area (Å²) >= 11 is 0. The van der Waals surface area contributed by atoms with E-state index in [0.717, 1.165) is 11.1 Å². The minimum Gasteiger partial charge on any atom is -0.494 e. The van der Waals surface area contributed by atoms with Gasteiger partial charge in [0.1, 0.15) is 23.9 Å². The first kappa shape index (κ1) is 40.7. The Balaban J connectivity index is 2.21. The molecule has 0 spiro atoms. The lowest BCUT2D eigenvalue weighted by atomic mass is 9.95. The predicted octanol–water partition coefficient (Wildman–Crippen LogP) is 3.00. The molecular weight excluding hydrogens is 628 g/mol. The van der Waals surface area contributed by atoms with E-state index in [1.54, 1.807) is 58.9 Å². The SMILES string of the molecule is CCOc1cccc(CC(=O)N[C@H](C(=O)NC(Cc2ccccc2)C(O)CC(=O)N[C@H](C(=O)N[C@H](C(=O)O)C(C)C)[C@@H](C)CC)C(C)C)c1. The van der Waals surface area contributed by atoms with Crippen LogP contribution < -0.4 is 26.0 Å². The molecule has 2 rings (SSSR count). The molecule has 0 aromatic heterocycles. The molecule has 6 atom stereocenters. The second kappa shape index (κ2) is 20.2. The second-order valence-electron chi connectivity index (χ2n) is 13.1. The van der Waals surface area contributed by atoms with Gasteiger partial charge in [0.25, 0.3) is 0 Å². The van der Waals surface area contributed by atoms with Gasteiger partial charge in [-0.05, 0) is 54.4 Å². The summed E-state index contributed by atoms with van der Waals surface area (Å²) in [6.45, 7) is 12.9. The third-order valence-corrected chi connectivity index (χ3v) is 8.37. The number of ether oxygens (including phenoxy) is 1. The number of aliphatic hydroxyl groups is 1. The van der Waals surface area contributed by atoms with Crippen molar-refractivity contribution >= 4 is 29.6 Å². The molecule has 6 N–H and O–H groups in total. The molecule has 0 radical (unpaired) electrons. The first-order valence-corrected chi connectivity index (χ1v) is 17.0. The highest BCUT2D eigenvalue weighted by Crippen LogP contribution is 2.16. The molecule has 0 aliphatic heterocycles. The number of aliphatic hydroxyl groups excluding tert-OH is 1. The van der Waals surface area contributed by atoms with Crippen molar-refractivity contribution in [3.05, 3.63) is 65.7 Å². The minimum atomic E-state index is -1.36. The Bertz CT molecular complexity index is 1380. The van der Waals surface area contributed by atoms with E-state index in [1.807, 2.05) is 44.2 Å². The Morgan fingerprint density at radius 1 is 0.714 bits per heavy atom. The fraction of sp³-hybridized carbons (Fsp3) is 0.541. The van der Waals surface area contributed by atoms with Crippen LogP contribution in [0.15, 0.2) is 54.6 Å². The van der Waals surface area contributed by atoms with E-state index in [4.69, 9.17) is 4.74 Å². The maximum atomic E-state index is 13.7. The zero-order valence-electron chi connectivity index (χ0n) is 29.7. The van der Waals surface area contributed by atoms with Crippen LogP contribution in [0.25, 0.3) is 0 Å². The molecular formula is C37H54N4O8. The van der Waals surface area contributed by atoms with E-state index in [0.29, 0.717) is 18.8 Å². The van der Waals surface area contributed by atoms with Crippen LogP contribution >= 0.6 is 0 Å². The van der Waals surface area contributed by atoms with Crippen LogP contribution in [-0.4, -0.2) is 76.7 Å². The molecule has 270 valence electrons. The molecule has 12 nitrogen and oxygen atoms in total. The van der Waals surface area contributed by atoms with Crippen molar-refractivity contribution in [1.29, 1.82) is 0 Å². The Hall–Kier alpha value is -4.45. The van der Waals surface area contributed by atoms with Gasteiger partial charge in [-0.25, -0.2) is 4.79 Å². The Morgan fingerprint density at radius 2 is 1.31 bits per heavy atom. The first-order chi connectivity index (χ1) is 23.2. The van der Waals surface area contributed by atoms with Gasteiger partial charge in [-0.15, -0.1) is 0 Å². The zero-order valence-corrected chi connectivity index (χ0v) is 29.7. The largest absolute Gasteiger partial charge is 0.494 e. The van der Waals surface area contributed by atoms with Gasteiger partial charge in [-0.2, -0.15) is 0 Å². The van der Waals surface area contributed by atoms with Crippen LogP contribution in [0.5, 0.6) is 5.75 Å². The standard InChI is InChI=1S/C37H54N4O8/c1-8-24(7)34(36(46)41-33(23(5)6)37(47)48)40-31(44)21-29(42)28(19-25-14-11-10-12-15-25)38-35(45)32(22(3)4)39-30(43)20-26-16-13-17-27(18-26)49-9-2/h10-18,22-24,28-29,32-34,42H,8-9,19-21H2,1-7H3,(H,38,45)(H,39,43)(H,40,44)(H,41,46)(H,47,48)/t24-,28?,29?,32-,33-,34-/m0/s1. The lowest BCUT2D eigenvalue weighted by Crippen LogP contribution is -2.57. The molecule has 0 fully saturated rings. The summed E-state index contributed by atoms with van der Waals surface area (Å²) in [5.41, 5.74) is 1.53. The van der Waals surface area contributed by atoms with Crippen LogP contribution in [-0.2, 0) is 36.8 Å². The van der Waals surface area contributed by atoms with Crippen molar-refractivity contribution in [2.24, 2.45) is 17.8 Å². The number of nitrogens with one attached hydrogen (secondary N) is 4. The molecule has 49 heavy (non-hydrogen) atoms. The number of carboxylic acids is 1. The van der Waals surface area contributed by atoms with Crippen LogP contribution in [0.2, 0.25) is 0 Å². The Kier molecular flexibility index (Phi) is 16.7. The summed E-state index contributed by atoms with van der Waals surface area (Å²) < 4.78 is 5.52. The zero-order chi connectivity index (χ0) is 36.7. The van der Waals surface area contributed by atoms with E-state index in [9.17, 15) is 34.2 Å². The van der Waals surface area contributed by atoms with E-state index in [2.05, 4.69) is 21.3 Å². The van der Waals surface area contributed by atoms with Gasteiger partial charge in [-0.3, -0.25) is 19.2 Å². The monoisotopic (exact) mass is 682 g/mol. The fourth-order valence-corrected chi connectivity index (χ4v) is 5.30. The Morgan fingerprint density at radius 3 is 1.88 bits per heavy atom. The fourth-order valence-electron chi connectivity index (χ4n) is 5.30. The molecule has 0 saturated heterocycles. The topological polar surface area (TPSA) is 183 Å². The highest BCUT2D eigenvalue weighted by Gasteiger charge is 2.33. The number of carbonyl (C=O) groups excluding carboxylic acids is 4. The number of rotatable bonds is 20. The lowest BCUT2D eigenvalue weighted by molar-refractivity contribution is -0.143. The third-order valence-electron chi connectivity index (χ3n) is 8.37. The quantitative estimate of drug-likeness (QED) is 0.123. The average molecular weight is 683 g/mol. The molecule has 2 unspecified atom stereocenters. The Labute approximate surface area is 289 Å². The summed E-state index contributed by atoms with van der Waals surface area (Å²) in [6, 6.07) is 12.3. The number of carboxylic acid groups (broad SMARTS) is 1. The minimum absolute atomic E-state index is 0.0307. The van der Waals surface area contributed by atoms with E-state index in [1.165, 1.54) is 0 Å². The molecule has 0 aliphatic carbocycles. The molecule has 2 aromatic rings. The van der Waals surface area contributed by atoms with Gasteiger partial charge >= 0.3 is 5.97 Å². The van der Waals surface area contributed by atoms with Gasteiger partial charge < -0.3 is 36.2 Å². The van der Waals surface area contributed by atoms with Crippen LogP contribution in [0, 0.1) is 17.8 Å². The number of amides is 4. The second-order valence-corrected chi connectivity index (χ2v) is 13.1. The van der Waals surface area contributed by atoms with Crippen molar-refractivity contribution in [2.45, 2.75) is 104 Å². The predicted molar refractivity (Wildman–Crippen MR) is 187 cm³/mol. The number of hydrogen-bond donors (Lipinski definition) is 6. The van der Waals surface area contributed by atoms with Crippen molar-refractivity contribution in [2.75, 3.05) is 6.61 Å². The van der Waals surface area contributed by atoms with Gasteiger partial charge in [0.15, 0.2) is 0 Å². The molecule has 0 heterocycles. The number of aliphatic carboxylic acids is 1. The lowest BCUT2D eigenvalue weighted by Gasteiger charge is -2.30. The third kappa shape index (κ3) is 13.5. The van der Waals surface area contributed by atoms with Crippen LogP contribution in [0.1, 0.15) is 72.4 Å². The smallest absolute Gasteiger partial charge is 0.326 e. The summed E-state index contributed by atoms with van der Waals surface area (Å²) in [5, 5.41) is 31.8. The summed E-state index contributed by atoms with van der Waals surface area (Å²) in [7, 11) is 0. The molecule has 4 amide bonds. The summed E-state index contributed by atoms with van der Waals surface area (Å²) in [5.74, 6) is -3.71. The maximum absolute atomic E-state index is 13.7. The number of hydrogen-bond acceptors (Lipinski definition) is 7. The summed E-state index contributed by atoms with van der Waals surface area (Å²) in [4.78, 5) is 64.8. The first-order valence-electron chi connectivity index (χ1n) is 17.0. The molecule has 0 bridgehead atoms. The van der Waals surface area contributed by atoms with Crippen molar-refractivity contribution in [3.8, 4) is 5.75 Å². The molecule has 0 saturated carbocycles. The van der Waals surface area contributed by atoms with E-state index in [-0.39, 0.29) is 36.5 Å². The number of benzene rings is 2. The van der Waals surface area contributed by atoms with Crippen LogP contribution in [0.4, 0.5) is 0 Å². The van der Waals surface area contributed by atoms with Crippen LogP contribution in [0.3, 0.4) is 0 Å². The van der Waals surface area contributed by atoms with Crippen molar-refractivity contribution < 1.29 is 38.9 Å². The van der Waals surface area contributed by atoms with Gasteiger partial charge in [0, 0.05) is 0 Å². The highest BCUT2D eigenvalue weighted by atomic mass is 16.5.